The molecule has 7 aromatic carbocycles. The van der Waals surface area contributed by atoms with Gasteiger partial charge in [0.05, 0.1) is 0 Å². The summed E-state index contributed by atoms with van der Waals surface area (Å²) in [5, 5.41) is 1.45. The molecule has 0 saturated carbocycles. The van der Waals surface area contributed by atoms with Crippen molar-refractivity contribution in [2.75, 3.05) is 0 Å². The molecular formula is C55H53OP. The highest BCUT2D eigenvalue weighted by molar-refractivity contribution is 7.66. The van der Waals surface area contributed by atoms with E-state index in [1.54, 1.807) is 0 Å². The van der Waals surface area contributed by atoms with E-state index in [-0.39, 0.29) is 23.2 Å². The molecule has 0 radical (unpaired) electrons. The first kappa shape index (κ1) is 38.5. The van der Waals surface area contributed by atoms with Crippen molar-refractivity contribution in [1.82, 2.24) is 0 Å². The quantitative estimate of drug-likeness (QED) is 0.106. The molecule has 284 valence electrons. The molecule has 1 aliphatic rings. The van der Waals surface area contributed by atoms with Gasteiger partial charge in [0.2, 0.25) is 0 Å². The minimum atomic E-state index is -1.03. The van der Waals surface area contributed by atoms with Gasteiger partial charge >= 0.3 is 0 Å². The Morgan fingerprint density at radius 2 is 0.737 bits per heavy atom. The second-order valence-electron chi connectivity index (χ2n) is 16.2. The SMILES string of the molecule is Cc1ccccc1C1CC(=O)CC(c2ccccc2C)P1c1c(C(c2ccccc2)c2c(C)cccc2C)cccc1C(c1ccccc1)c1c(C)cccc1C. The second kappa shape index (κ2) is 16.6. The van der Waals surface area contributed by atoms with Crippen LogP contribution >= 0.6 is 7.92 Å². The molecule has 0 spiro atoms. The largest absolute Gasteiger partial charge is 0.300 e. The molecule has 1 aliphatic heterocycles. The van der Waals surface area contributed by atoms with Crippen molar-refractivity contribution < 1.29 is 4.79 Å². The second-order valence-corrected chi connectivity index (χ2v) is 18.7. The van der Waals surface area contributed by atoms with Crippen molar-refractivity contribution in [3.8, 4) is 0 Å². The van der Waals surface area contributed by atoms with E-state index in [0.29, 0.717) is 18.6 Å². The van der Waals surface area contributed by atoms with Crippen LogP contribution in [-0.4, -0.2) is 5.78 Å². The van der Waals surface area contributed by atoms with Crippen LogP contribution in [0.4, 0.5) is 0 Å². The molecule has 4 unspecified atom stereocenters. The molecule has 1 fully saturated rings. The van der Waals surface area contributed by atoms with Crippen LogP contribution in [0.25, 0.3) is 0 Å². The monoisotopic (exact) mass is 760 g/mol. The molecule has 7 aromatic rings. The first-order chi connectivity index (χ1) is 27.7. The fourth-order valence-corrected chi connectivity index (χ4v) is 13.9. The van der Waals surface area contributed by atoms with E-state index in [2.05, 4.69) is 205 Å². The van der Waals surface area contributed by atoms with Crippen molar-refractivity contribution in [2.45, 2.75) is 77.5 Å². The average Bonchev–Trinajstić information content (AvgIpc) is 3.21. The maximum absolute atomic E-state index is 14.3. The molecule has 0 N–H and O–H groups in total. The zero-order valence-corrected chi connectivity index (χ0v) is 35.1. The lowest BCUT2D eigenvalue weighted by Gasteiger charge is -2.43. The summed E-state index contributed by atoms with van der Waals surface area (Å²) in [6.45, 7) is 13.6. The third-order valence-electron chi connectivity index (χ3n) is 12.5. The number of carbonyl (C=O) groups excluding carboxylic acids is 1. The number of ketones is 1. The normalized spacial score (nSPS) is 17.9. The fraction of sp³-hybridized carbons (Fsp3) is 0.218. The molecule has 0 aromatic heterocycles. The van der Waals surface area contributed by atoms with E-state index in [9.17, 15) is 4.79 Å². The van der Waals surface area contributed by atoms with Gasteiger partial charge in [0, 0.05) is 36.0 Å². The number of carbonyl (C=O) groups is 1. The van der Waals surface area contributed by atoms with Crippen molar-refractivity contribution in [3.63, 3.8) is 0 Å². The number of hydrogen-bond donors (Lipinski definition) is 0. The fourth-order valence-electron chi connectivity index (χ4n) is 9.88. The third-order valence-corrected chi connectivity index (χ3v) is 15.8. The number of benzene rings is 7. The summed E-state index contributed by atoms with van der Waals surface area (Å²) in [5.41, 5.74) is 18.5. The predicted molar refractivity (Wildman–Crippen MR) is 242 cm³/mol. The Morgan fingerprint density at radius 3 is 1.12 bits per heavy atom. The van der Waals surface area contributed by atoms with Gasteiger partial charge in [0.15, 0.2) is 0 Å². The van der Waals surface area contributed by atoms with E-state index >= 15 is 0 Å². The topological polar surface area (TPSA) is 17.1 Å². The van der Waals surface area contributed by atoms with Crippen molar-refractivity contribution in [3.05, 3.63) is 242 Å². The van der Waals surface area contributed by atoms with Gasteiger partial charge in [-0.3, -0.25) is 4.79 Å². The zero-order chi connectivity index (χ0) is 39.6. The van der Waals surface area contributed by atoms with Crippen LogP contribution in [0.3, 0.4) is 0 Å². The van der Waals surface area contributed by atoms with E-state index in [4.69, 9.17) is 0 Å². The van der Waals surface area contributed by atoms with Crippen molar-refractivity contribution >= 4 is 19.0 Å². The van der Waals surface area contributed by atoms with Gasteiger partial charge in [-0.15, -0.1) is 0 Å². The molecule has 8 rings (SSSR count). The number of rotatable bonds is 9. The highest BCUT2D eigenvalue weighted by Gasteiger charge is 2.44. The summed E-state index contributed by atoms with van der Waals surface area (Å²) in [6, 6.07) is 60.8. The van der Waals surface area contributed by atoms with Gasteiger partial charge in [0.25, 0.3) is 0 Å². The number of hydrogen-bond acceptors (Lipinski definition) is 1. The molecule has 0 amide bonds. The third kappa shape index (κ3) is 7.47. The lowest BCUT2D eigenvalue weighted by atomic mass is 9.77. The van der Waals surface area contributed by atoms with Crippen LogP contribution in [0.2, 0.25) is 0 Å². The summed E-state index contributed by atoms with van der Waals surface area (Å²) >= 11 is 0. The van der Waals surface area contributed by atoms with Gasteiger partial charge in [-0.1, -0.05) is 172 Å². The van der Waals surface area contributed by atoms with Crippen LogP contribution in [0, 0.1) is 41.5 Å². The Labute approximate surface area is 341 Å². The molecule has 4 atom stereocenters. The van der Waals surface area contributed by atoms with Crippen LogP contribution in [0.1, 0.15) is 114 Å². The van der Waals surface area contributed by atoms with Gasteiger partial charge in [-0.2, -0.15) is 0 Å². The van der Waals surface area contributed by atoms with Crippen LogP contribution in [-0.2, 0) is 4.79 Å². The molecule has 1 nitrogen and oxygen atoms in total. The van der Waals surface area contributed by atoms with E-state index in [1.807, 2.05) is 0 Å². The molecule has 1 saturated heterocycles. The van der Waals surface area contributed by atoms with Crippen LogP contribution in [0.5, 0.6) is 0 Å². The maximum atomic E-state index is 14.3. The van der Waals surface area contributed by atoms with Crippen LogP contribution in [0.15, 0.2) is 164 Å². The summed E-state index contributed by atoms with van der Waals surface area (Å²) in [5.74, 6) is 0.344. The highest BCUT2D eigenvalue weighted by Crippen LogP contribution is 2.68. The van der Waals surface area contributed by atoms with Gasteiger partial charge in [0.1, 0.15) is 5.78 Å². The standard InChI is InChI=1S/C55H53OP/c1-36-20-13-15-30-45(36)49-34-44(56)35-50(46-31-16-14-21-37(46)2)57(49)55-47(53(42-26-9-7-10-27-42)51-38(3)22-17-23-39(51)4)32-19-33-48(55)54(43-28-11-8-12-29-43)52-40(5)24-18-25-41(52)6/h7-33,49-50,53-54H,34-35H2,1-6H3. The molecule has 0 aliphatic carbocycles. The van der Waals surface area contributed by atoms with E-state index < -0.39 is 7.92 Å². The summed E-state index contributed by atoms with van der Waals surface area (Å²) in [7, 11) is -1.03. The van der Waals surface area contributed by atoms with Gasteiger partial charge in [-0.05, 0) is 125 Å². The van der Waals surface area contributed by atoms with Crippen molar-refractivity contribution in [2.24, 2.45) is 0 Å². The van der Waals surface area contributed by atoms with Gasteiger partial charge in [-0.25, -0.2) is 0 Å². The average molecular weight is 761 g/mol. The lowest BCUT2D eigenvalue weighted by Crippen LogP contribution is -2.30. The summed E-state index contributed by atoms with van der Waals surface area (Å²) in [4.78, 5) is 14.3. The van der Waals surface area contributed by atoms with Crippen LogP contribution < -0.4 is 5.30 Å². The first-order valence-corrected chi connectivity index (χ1v) is 22.0. The Kier molecular flexibility index (Phi) is 11.2. The minimum absolute atomic E-state index is 0.00749. The van der Waals surface area contributed by atoms with Crippen molar-refractivity contribution in [1.29, 1.82) is 0 Å². The summed E-state index contributed by atoms with van der Waals surface area (Å²) < 4.78 is 0. The maximum Gasteiger partial charge on any atom is 0.134 e. The molecule has 2 heteroatoms. The van der Waals surface area contributed by atoms with E-state index in [1.165, 1.54) is 83.2 Å². The summed E-state index contributed by atoms with van der Waals surface area (Å²) in [6.07, 6.45) is 1.09. The Hall–Kier alpha value is -5.36. The first-order valence-electron chi connectivity index (χ1n) is 20.5. The smallest absolute Gasteiger partial charge is 0.134 e. The Bertz CT molecular complexity index is 2320. The zero-order valence-electron chi connectivity index (χ0n) is 34.2. The molecule has 1 heterocycles. The highest BCUT2D eigenvalue weighted by atomic mass is 31.1. The molecular weight excluding hydrogens is 708 g/mol. The van der Waals surface area contributed by atoms with Gasteiger partial charge < -0.3 is 0 Å². The lowest BCUT2D eigenvalue weighted by molar-refractivity contribution is -0.119. The predicted octanol–water partition coefficient (Wildman–Crippen LogP) is 13.9. The molecule has 0 bridgehead atoms. The number of Topliss-reactive ketones (excluding diaryl/α,β-unsaturated/α-hetero) is 1. The number of aryl methyl sites for hydroxylation is 6. The molecule has 57 heavy (non-hydrogen) atoms. The van der Waals surface area contributed by atoms with E-state index in [0.717, 1.165) is 0 Å². The Balaban J connectivity index is 1.56. The minimum Gasteiger partial charge on any atom is -0.300 e. The Morgan fingerprint density at radius 1 is 0.404 bits per heavy atom.